The molecule has 1 aliphatic rings. The summed E-state index contributed by atoms with van der Waals surface area (Å²) < 4.78 is 0. The van der Waals surface area contributed by atoms with Crippen molar-refractivity contribution in [3.63, 3.8) is 0 Å². The van der Waals surface area contributed by atoms with Crippen LogP contribution < -0.4 is 0 Å². The number of Topliss-reactive ketones (excluding diaryl/α,β-unsaturated/α-hetero) is 1. The summed E-state index contributed by atoms with van der Waals surface area (Å²) >= 11 is 0. The zero-order chi connectivity index (χ0) is 14.0. The van der Waals surface area contributed by atoms with Crippen LogP contribution in [0.15, 0.2) is 30.3 Å². The molecule has 1 aliphatic carbocycles. The number of hydrogen-bond donors (Lipinski definition) is 1. The molecule has 1 saturated carbocycles. The summed E-state index contributed by atoms with van der Waals surface area (Å²) in [5.41, 5.74) is 0.858. The van der Waals surface area contributed by atoms with Crippen LogP contribution in [-0.4, -0.2) is 10.9 Å². The molecule has 19 heavy (non-hydrogen) atoms. The fourth-order valence-electron chi connectivity index (χ4n) is 3.28. The maximum Gasteiger partial charge on any atom is 0.142 e. The van der Waals surface area contributed by atoms with Crippen molar-refractivity contribution < 1.29 is 9.90 Å². The Morgan fingerprint density at radius 2 is 1.79 bits per heavy atom. The molecule has 0 amide bonds. The van der Waals surface area contributed by atoms with Gasteiger partial charge in [-0.2, -0.15) is 0 Å². The molecule has 1 aromatic rings. The molecule has 0 aliphatic heterocycles. The molecule has 0 saturated heterocycles. The minimum absolute atomic E-state index is 0.111. The molecule has 0 spiro atoms. The lowest BCUT2D eigenvalue weighted by Crippen LogP contribution is -2.39. The summed E-state index contributed by atoms with van der Waals surface area (Å²) in [4.78, 5) is 12.6. The Labute approximate surface area is 115 Å². The van der Waals surface area contributed by atoms with Crippen LogP contribution in [0.25, 0.3) is 0 Å². The third-order valence-electron chi connectivity index (χ3n) is 4.53. The Hall–Kier alpha value is -1.15. The summed E-state index contributed by atoms with van der Waals surface area (Å²) in [6, 6.07) is 9.57. The second-order valence-electron chi connectivity index (χ2n) is 6.19. The number of rotatable bonds is 3. The fourth-order valence-corrected chi connectivity index (χ4v) is 3.28. The molecule has 1 aromatic carbocycles. The second kappa shape index (κ2) is 5.87. The largest absolute Gasteiger partial charge is 0.388 e. The second-order valence-corrected chi connectivity index (χ2v) is 6.19. The van der Waals surface area contributed by atoms with E-state index in [2.05, 4.69) is 20.8 Å². The average Bonchev–Trinajstić information content (AvgIpc) is 2.39. The first-order valence-electron chi connectivity index (χ1n) is 7.29. The summed E-state index contributed by atoms with van der Waals surface area (Å²) in [7, 11) is 0. The van der Waals surface area contributed by atoms with Crippen LogP contribution in [0, 0.1) is 23.7 Å². The van der Waals surface area contributed by atoms with E-state index < -0.39 is 6.10 Å². The van der Waals surface area contributed by atoms with Crippen molar-refractivity contribution in [3.8, 4) is 0 Å². The first kappa shape index (κ1) is 14.3. The van der Waals surface area contributed by atoms with E-state index in [1.165, 1.54) is 0 Å². The smallest absolute Gasteiger partial charge is 0.142 e. The van der Waals surface area contributed by atoms with Crippen LogP contribution in [-0.2, 0) is 4.79 Å². The van der Waals surface area contributed by atoms with Crippen LogP contribution in [0.4, 0.5) is 0 Å². The Balaban J connectivity index is 2.23. The molecule has 0 aromatic heterocycles. The number of carbonyl (C=O) groups is 1. The Kier molecular flexibility index (Phi) is 4.41. The summed E-state index contributed by atoms with van der Waals surface area (Å²) in [6.45, 7) is 6.29. The highest BCUT2D eigenvalue weighted by Gasteiger charge is 2.41. The molecule has 0 bridgehead atoms. The Morgan fingerprint density at radius 3 is 2.37 bits per heavy atom. The number of aliphatic hydroxyl groups is 1. The van der Waals surface area contributed by atoms with Crippen molar-refractivity contribution in [2.45, 2.75) is 39.7 Å². The quantitative estimate of drug-likeness (QED) is 0.901. The predicted molar refractivity (Wildman–Crippen MR) is 76.6 cm³/mol. The molecular formula is C17H24O2. The normalized spacial score (nSPS) is 29.5. The number of aliphatic hydroxyl groups excluding tert-OH is 1. The molecule has 2 nitrogen and oxygen atoms in total. The van der Waals surface area contributed by atoms with Gasteiger partial charge in [-0.05, 0) is 30.2 Å². The maximum absolute atomic E-state index is 12.6. The van der Waals surface area contributed by atoms with Crippen LogP contribution in [0.1, 0.15) is 45.3 Å². The zero-order valence-corrected chi connectivity index (χ0v) is 12.0. The SMILES string of the molecule is CC(C)[C@H]1CC[C@@H](C)[C@H]([C@H](O)c2ccccc2)C1=O. The van der Waals surface area contributed by atoms with E-state index in [4.69, 9.17) is 0 Å². The highest BCUT2D eigenvalue weighted by molar-refractivity contribution is 5.85. The highest BCUT2D eigenvalue weighted by Crippen LogP contribution is 2.40. The first-order valence-corrected chi connectivity index (χ1v) is 7.29. The topological polar surface area (TPSA) is 37.3 Å². The van der Waals surface area contributed by atoms with Crippen molar-refractivity contribution in [3.05, 3.63) is 35.9 Å². The number of hydrogen-bond acceptors (Lipinski definition) is 2. The van der Waals surface area contributed by atoms with E-state index in [0.717, 1.165) is 18.4 Å². The van der Waals surface area contributed by atoms with Crippen molar-refractivity contribution in [1.82, 2.24) is 0 Å². The van der Waals surface area contributed by atoms with Crippen molar-refractivity contribution >= 4 is 5.78 Å². The van der Waals surface area contributed by atoms with E-state index in [1.807, 2.05) is 30.3 Å². The van der Waals surface area contributed by atoms with Gasteiger partial charge < -0.3 is 5.11 Å². The molecule has 1 N–H and O–H groups in total. The van der Waals surface area contributed by atoms with Crippen molar-refractivity contribution in [1.29, 1.82) is 0 Å². The Morgan fingerprint density at radius 1 is 1.16 bits per heavy atom. The van der Waals surface area contributed by atoms with Gasteiger partial charge >= 0.3 is 0 Å². The van der Waals surface area contributed by atoms with Crippen molar-refractivity contribution in [2.24, 2.45) is 23.7 Å². The lowest BCUT2D eigenvalue weighted by atomic mass is 9.67. The van der Waals surface area contributed by atoms with Crippen LogP contribution in [0.2, 0.25) is 0 Å². The molecule has 2 rings (SSSR count). The molecule has 104 valence electrons. The number of benzene rings is 1. The minimum atomic E-state index is -0.662. The lowest BCUT2D eigenvalue weighted by molar-refractivity contribution is -0.138. The standard InChI is InChI=1S/C17H24O2/c1-11(2)14-10-9-12(3)15(17(14)19)16(18)13-7-5-4-6-8-13/h4-8,11-12,14-16,18H,9-10H2,1-3H3/t12-,14-,15-,16-/m1/s1. The zero-order valence-electron chi connectivity index (χ0n) is 12.0. The minimum Gasteiger partial charge on any atom is -0.388 e. The summed E-state index contributed by atoms with van der Waals surface area (Å²) in [5.74, 6) is 0.747. The highest BCUT2D eigenvalue weighted by atomic mass is 16.3. The summed E-state index contributed by atoms with van der Waals surface area (Å²) in [5, 5.41) is 10.6. The maximum atomic E-state index is 12.6. The molecule has 2 heteroatoms. The van der Waals surface area contributed by atoms with Gasteiger partial charge in [0.2, 0.25) is 0 Å². The lowest BCUT2D eigenvalue weighted by Gasteiger charge is -2.37. The van der Waals surface area contributed by atoms with Gasteiger partial charge in [0.05, 0.1) is 12.0 Å². The van der Waals surface area contributed by atoms with Gasteiger partial charge in [-0.1, -0.05) is 51.1 Å². The van der Waals surface area contributed by atoms with E-state index in [9.17, 15) is 9.90 Å². The fraction of sp³-hybridized carbons (Fsp3) is 0.588. The van der Waals surface area contributed by atoms with Crippen LogP contribution in [0.5, 0.6) is 0 Å². The third kappa shape index (κ3) is 2.89. The third-order valence-corrected chi connectivity index (χ3v) is 4.53. The monoisotopic (exact) mass is 260 g/mol. The molecule has 0 heterocycles. The van der Waals surface area contributed by atoms with E-state index in [1.54, 1.807) is 0 Å². The van der Waals surface area contributed by atoms with E-state index in [-0.39, 0.29) is 23.5 Å². The number of ketones is 1. The van der Waals surface area contributed by atoms with Gasteiger partial charge in [-0.3, -0.25) is 4.79 Å². The van der Waals surface area contributed by atoms with Gasteiger partial charge in [-0.15, -0.1) is 0 Å². The first-order chi connectivity index (χ1) is 9.02. The van der Waals surface area contributed by atoms with Gasteiger partial charge in [-0.25, -0.2) is 0 Å². The van der Waals surface area contributed by atoms with Gasteiger partial charge in [0, 0.05) is 5.92 Å². The molecular weight excluding hydrogens is 236 g/mol. The van der Waals surface area contributed by atoms with Gasteiger partial charge in [0.25, 0.3) is 0 Å². The average molecular weight is 260 g/mol. The van der Waals surface area contributed by atoms with Crippen molar-refractivity contribution in [2.75, 3.05) is 0 Å². The van der Waals surface area contributed by atoms with Crippen LogP contribution in [0.3, 0.4) is 0 Å². The molecule has 1 fully saturated rings. The van der Waals surface area contributed by atoms with Gasteiger partial charge in [0.15, 0.2) is 0 Å². The van der Waals surface area contributed by atoms with Gasteiger partial charge in [0.1, 0.15) is 5.78 Å². The predicted octanol–water partition coefficient (Wildman–Crippen LogP) is 3.61. The summed E-state index contributed by atoms with van der Waals surface area (Å²) in [6.07, 6.45) is 1.34. The van der Waals surface area contributed by atoms with E-state index in [0.29, 0.717) is 5.92 Å². The van der Waals surface area contributed by atoms with Crippen LogP contribution >= 0.6 is 0 Å². The molecule has 0 unspecified atom stereocenters. The molecule has 0 radical (unpaired) electrons. The number of carbonyl (C=O) groups excluding carboxylic acids is 1. The van der Waals surface area contributed by atoms with E-state index >= 15 is 0 Å². The Bertz CT molecular complexity index is 424. The molecule has 4 atom stereocenters.